The van der Waals surface area contributed by atoms with Crippen molar-refractivity contribution < 1.29 is 9.21 Å². The molecule has 0 aliphatic heterocycles. The van der Waals surface area contributed by atoms with E-state index in [9.17, 15) is 4.79 Å². The number of carbonyl (C=O) groups excluding carboxylic acids is 1. The van der Waals surface area contributed by atoms with E-state index in [0.717, 1.165) is 5.76 Å². The predicted molar refractivity (Wildman–Crippen MR) is 56.5 cm³/mol. The molecular formula is C10H17N3O2. The number of carbonyl (C=O) groups is 1. The van der Waals surface area contributed by atoms with Crippen molar-refractivity contribution in [3.05, 3.63) is 17.8 Å². The van der Waals surface area contributed by atoms with E-state index in [-0.39, 0.29) is 18.1 Å². The number of nitrogens with one attached hydrogen (secondary N) is 2. The standard InChI is InChI=1S/C10H17N3O2/c1-6(2)12-10(14)13-8(4)9-11-5-7(3)15-9/h5-6,8H,1-4H3,(H2,12,13,14). The van der Waals surface area contributed by atoms with Crippen molar-refractivity contribution in [1.29, 1.82) is 0 Å². The highest BCUT2D eigenvalue weighted by atomic mass is 16.4. The summed E-state index contributed by atoms with van der Waals surface area (Å²) in [6.45, 7) is 7.45. The Hall–Kier alpha value is -1.52. The maximum Gasteiger partial charge on any atom is 0.315 e. The molecule has 0 aromatic carbocycles. The molecule has 0 bridgehead atoms. The molecule has 1 heterocycles. The molecule has 1 rings (SSSR count). The average molecular weight is 211 g/mol. The molecule has 0 saturated carbocycles. The third-order valence-corrected chi connectivity index (χ3v) is 1.78. The summed E-state index contributed by atoms with van der Waals surface area (Å²) in [5.41, 5.74) is 0. The van der Waals surface area contributed by atoms with Crippen LogP contribution in [0.2, 0.25) is 0 Å². The van der Waals surface area contributed by atoms with Crippen LogP contribution in [0.4, 0.5) is 4.79 Å². The van der Waals surface area contributed by atoms with Crippen LogP contribution in [-0.4, -0.2) is 17.1 Å². The van der Waals surface area contributed by atoms with Gasteiger partial charge in [-0.05, 0) is 27.7 Å². The van der Waals surface area contributed by atoms with Gasteiger partial charge in [0.2, 0.25) is 5.89 Å². The number of rotatable bonds is 3. The van der Waals surface area contributed by atoms with Gasteiger partial charge in [-0.3, -0.25) is 0 Å². The summed E-state index contributed by atoms with van der Waals surface area (Å²) in [5, 5.41) is 5.47. The Kier molecular flexibility index (Phi) is 3.71. The van der Waals surface area contributed by atoms with Gasteiger partial charge >= 0.3 is 6.03 Å². The number of aromatic nitrogens is 1. The van der Waals surface area contributed by atoms with E-state index in [4.69, 9.17) is 4.42 Å². The van der Waals surface area contributed by atoms with Gasteiger partial charge in [-0.1, -0.05) is 0 Å². The Bertz CT molecular complexity index is 333. The molecule has 1 atom stereocenters. The van der Waals surface area contributed by atoms with Gasteiger partial charge in [-0.25, -0.2) is 9.78 Å². The number of hydrogen-bond acceptors (Lipinski definition) is 3. The molecule has 5 nitrogen and oxygen atoms in total. The Morgan fingerprint density at radius 2 is 2.07 bits per heavy atom. The molecule has 0 fully saturated rings. The van der Waals surface area contributed by atoms with Crippen LogP contribution in [0.1, 0.15) is 38.5 Å². The highest BCUT2D eigenvalue weighted by molar-refractivity contribution is 5.74. The van der Waals surface area contributed by atoms with Crippen molar-refractivity contribution in [2.75, 3.05) is 0 Å². The van der Waals surface area contributed by atoms with Gasteiger partial charge in [-0.2, -0.15) is 0 Å². The number of hydrogen-bond donors (Lipinski definition) is 2. The van der Waals surface area contributed by atoms with Gasteiger partial charge in [-0.15, -0.1) is 0 Å². The second kappa shape index (κ2) is 4.82. The Morgan fingerprint density at radius 3 is 2.53 bits per heavy atom. The number of aryl methyl sites for hydroxylation is 1. The minimum Gasteiger partial charge on any atom is -0.444 e. The highest BCUT2D eigenvalue weighted by Gasteiger charge is 2.14. The summed E-state index contributed by atoms with van der Waals surface area (Å²) < 4.78 is 5.30. The molecule has 15 heavy (non-hydrogen) atoms. The summed E-state index contributed by atoms with van der Waals surface area (Å²) in [7, 11) is 0. The first-order valence-electron chi connectivity index (χ1n) is 4.98. The van der Waals surface area contributed by atoms with E-state index in [1.165, 1.54) is 0 Å². The summed E-state index contributed by atoms with van der Waals surface area (Å²) in [6.07, 6.45) is 1.63. The smallest absolute Gasteiger partial charge is 0.315 e. The van der Waals surface area contributed by atoms with Gasteiger partial charge in [0.1, 0.15) is 11.8 Å². The molecular weight excluding hydrogens is 194 g/mol. The number of urea groups is 1. The van der Waals surface area contributed by atoms with Crippen LogP contribution in [0.3, 0.4) is 0 Å². The first-order chi connectivity index (χ1) is 6.99. The lowest BCUT2D eigenvalue weighted by Crippen LogP contribution is -2.40. The first-order valence-corrected chi connectivity index (χ1v) is 4.98. The van der Waals surface area contributed by atoms with Crippen LogP contribution in [0.15, 0.2) is 10.6 Å². The van der Waals surface area contributed by atoms with Crippen LogP contribution in [0, 0.1) is 6.92 Å². The first kappa shape index (κ1) is 11.6. The van der Waals surface area contributed by atoms with E-state index in [1.54, 1.807) is 6.20 Å². The maximum atomic E-state index is 11.4. The maximum absolute atomic E-state index is 11.4. The van der Waals surface area contributed by atoms with Crippen molar-refractivity contribution in [3.63, 3.8) is 0 Å². The molecule has 0 radical (unpaired) electrons. The average Bonchev–Trinajstić information content (AvgIpc) is 2.49. The second-order valence-electron chi connectivity index (χ2n) is 3.80. The zero-order valence-corrected chi connectivity index (χ0v) is 9.50. The van der Waals surface area contributed by atoms with Gasteiger partial charge in [0.05, 0.1) is 6.20 Å². The van der Waals surface area contributed by atoms with Crippen LogP contribution in [-0.2, 0) is 0 Å². The summed E-state index contributed by atoms with van der Waals surface area (Å²) >= 11 is 0. The summed E-state index contributed by atoms with van der Waals surface area (Å²) in [4.78, 5) is 15.4. The summed E-state index contributed by atoms with van der Waals surface area (Å²) in [6, 6.07) is -0.325. The molecule has 2 N–H and O–H groups in total. The number of amides is 2. The largest absolute Gasteiger partial charge is 0.444 e. The van der Waals surface area contributed by atoms with Gasteiger partial charge in [0.25, 0.3) is 0 Å². The lowest BCUT2D eigenvalue weighted by molar-refractivity contribution is 0.233. The molecule has 1 unspecified atom stereocenters. The highest BCUT2D eigenvalue weighted by Crippen LogP contribution is 2.11. The van der Waals surface area contributed by atoms with Crippen molar-refractivity contribution in [3.8, 4) is 0 Å². The number of nitrogens with zero attached hydrogens (tertiary/aromatic N) is 1. The minimum atomic E-state index is -0.225. The minimum absolute atomic E-state index is 0.114. The molecule has 1 aromatic rings. The van der Waals surface area contributed by atoms with Crippen molar-refractivity contribution in [2.24, 2.45) is 0 Å². The van der Waals surface area contributed by atoms with Gasteiger partial charge < -0.3 is 15.1 Å². The molecule has 0 aliphatic carbocycles. The topological polar surface area (TPSA) is 67.2 Å². The second-order valence-corrected chi connectivity index (χ2v) is 3.80. The predicted octanol–water partition coefficient (Wildman–Crippen LogP) is 1.75. The Labute approximate surface area is 89.3 Å². The third kappa shape index (κ3) is 3.61. The van der Waals surface area contributed by atoms with E-state index in [2.05, 4.69) is 15.6 Å². The van der Waals surface area contributed by atoms with Crippen molar-refractivity contribution in [2.45, 2.75) is 39.8 Å². The fourth-order valence-corrected chi connectivity index (χ4v) is 1.13. The molecule has 0 saturated heterocycles. The van der Waals surface area contributed by atoms with Crippen molar-refractivity contribution >= 4 is 6.03 Å². The zero-order chi connectivity index (χ0) is 11.4. The van der Waals surface area contributed by atoms with Gasteiger partial charge in [0, 0.05) is 6.04 Å². The number of oxazole rings is 1. The van der Waals surface area contributed by atoms with Crippen LogP contribution < -0.4 is 10.6 Å². The summed E-state index contributed by atoms with van der Waals surface area (Å²) in [5.74, 6) is 1.26. The van der Waals surface area contributed by atoms with Gasteiger partial charge in [0.15, 0.2) is 0 Å². The zero-order valence-electron chi connectivity index (χ0n) is 9.50. The molecule has 0 spiro atoms. The molecule has 1 aromatic heterocycles. The Balaban J connectivity index is 2.48. The van der Waals surface area contributed by atoms with Crippen LogP contribution in [0.25, 0.3) is 0 Å². The Morgan fingerprint density at radius 1 is 1.40 bits per heavy atom. The van der Waals surface area contributed by atoms with E-state index in [0.29, 0.717) is 5.89 Å². The van der Waals surface area contributed by atoms with Crippen LogP contribution >= 0.6 is 0 Å². The van der Waals surface area contributed by atoms with E-state index >= 15 is 0 Å². The lowest BCUT2D eigenvalue weighted by Gasteiger charge is -2.13. The van der Waals surface area contributed by atoms with Crippen molar-refractivity contribution in [1.82, 2.24) is 15.6 Å². The monoisotopic (exact) mass is 211 g/mol. The van der Waals surface area contributed by atoms with E-state index in [1.807, 2.05) is 27.7 Å². The normalized spacial score (nSPS) is 12.6. The molecule has 5 heteroatoms. The fraction of sp³-hybridized carbons (Fsp3) is 0.600. The molecule has 2 amide bonds. The quantitative estimate of drug-likeness (QED) is 0.800. The lowest BCUT2D eigenvalue weighted by atomic mass is 10.3. The molecule has 0 aliphatic rings. The SMILES string of the molecule is Cc1cnc(C(C)NC(=O)NC(C)C)o1. The van der Waals surface area contributed by atoms with E-state index < -0.39 is 0 Å². The van der Waals surface area contributed by atoms with Crippen LogP contribution in [0.5, 0.6) is 0 Å². The molecule has 84 valence electrons. The third-order valence-electron chi connectivity index (χ3n) is 1.78. The fourth-order valence-electron chi connectivity index (χ4n) is 1.13.